The highest BCUT2D eigenvalue weighted by molar-refractivity contribution is 6.32. The summed E-state index contributed by atoms with van der Waals surface area (Å²) in [5.74, 6) is -2.70. The molecule has 0 saturated heterocycles. The highest BCUT2D eigenvalue weighted by atomic mass is 16.6. The number of amides is 5. The smallest absolute Gasteiger partial charge is 0.412 e. The Balaban J connectivity index is 2.04. The van der Waals surface area contributed by atoms with Crippen molar-refractivity contribution in [1.29, 1.82) is 0 Å². The van der Waals surface area contributed by atoms with Crippen LogP contribution in [0.5, 0.6) is 0 Å². The van der Waals surface area contributed by atoms with Crippen molar-refractivity contribution in [2.75, 3.05) is 22.2 Å². The van der Waals surface area contributed by atoms with Crippen molar-refractivity contribution < 1.29 is 33.4 Å². The lowest BCUT2D eigenvalue weighted by Crippen LogP contribution is -2.33. The maximum absolute atomic E-state index is 12.5. The third-order valence-corrected chi connectivity index (χ3v) is 4.27. The van der Waals surface area contributed by atoms with E-state index in [-0.39, 0.29) is 28.4 Å². The van der Waals surface area contributed by atoms with E-state index in [1.807, 2.05) is 0 Å². The predicted octanol–water partition coefficient (Wildman–Crippen LogP) is 2.26. The molecule has 10 nitrogen and oxygen atoms in total. The van der Waals surface area contributed by atoms with Gasteiger partial charge in [-0.3, -0.25) is 24.5 Å². The standard InChI is InChI=1S/C21H21N3O7/c1-11-6-16(25)23(18(11)27)13-7-12(22-20(29)31-21(2,3)4)8-14(9-13)24-17(26)10-15(30-5)19(24)28/h6-10H,1-5H3,(H,22,29). The van der Waals surface area contributed by atoms with Crippen molar-refractivity contribution in [2.24, 2.45) is 0 Å². The minimum absolute atomic E-state index is 0.0343. The van der Waals surface area contributed by atoms with Gasteiger partial charge in [0.25, 0.3) is 17.7 Å². The fraction of sp³-hybridized carbons (Fsp3) is 0.286. The fourth-order valence-corrected chi connectivity index (χ4v) is 3.02. The summed E-state index contributed by atoms with van der Waals surface area (Å²) < 4.78 is 10.1. The number of carbonyl (C=O) groups excluding carboxylic acids is 5. The number of hydrogen-bond acceptors (Lipinski definition) is 7. The molecule has 31 heavy (non-hydrogen) atoms. The zero-order chi connectivity index (χ0) is 23.1. The molecule has 0 bridgehead atoms. The minimum Gasteiger partial charge on any atom is -0.491 e. The molecule has 162 valence electrons. The van der Waals surface area contributed by atoms with Gasteiger partial charge in [-0.2, -0.15) is 0 Å². The van der Waals surface area contributed by atoms with Crippen molar-refractivity contribution in [2.45, 2.75) is 33.3 Å². The Morgan fingerprint density at radius 2 is 1.45 bits per heavy atom. The van der Waals surface area contributed by atoms with Crippen molar-refractivity contribution in [3.8, 4) is 0 Å². The quantitative estimate of drug-likeness (QED) is 0.731. The Hall–Kier alpha value is -3.95. The first-order valence-corrected chi connectivity index (χ1v) is 9.27. The molecule has 0 radical (unpaired) electrons. The summed E-state index contributed by atoms with van der Waals surface area (Å²) in [4.78, 5) is 63.6. The van der Waals surface area contributed by atoms with Gasteiger partial charge in [-0.05, 0) is 45.9 Å². The molecule has 2 heterocycles. The molecular weight excluding hydrogens is 406 g/mol. The van der Waals surface area contributed by atoms with E-state index in [4.69, 9.17) is 9.47 Å². The molecule has 1 aromatic carbocycles. The monoisotopic (exact) mass is 427 g/mol. The molecule has 0 aliphatic carbocycles. The minimum atomic E-state index is -0.793. The predicted molar refractivity (Wildman–Crippen MR) is 110 cm³/mol. The third kappa shape index (κ3) is 4.32. The normalized spacial score (nSPS) is 16.5. The SMILES string of the molecule is COC1=CC(=O)N(c2cc(NC(=O)OC(C)(C)C)cc(N3C(=O)C=C(C)C3=O)c2)C1=O. The molecule has 1 N–H and O–H groups in total. The van der Waals surface area contributed by atoms with Gasteiger partial charge in [-0.25, -0.2) is 14.6 Å². The van der Waals surface area contributed by atoms with E-state index < -0.39 is 35.3 Å². The second kappa shape index (κ2) is 7.71. The Morgan fingerprint density at radius 1 is 0.903 bits per heavy atom. The number of anilines is 3. The molecule has 0 saturated carbocycles. The molecule has 0 aromatic heterocycles. The topological polar surface area (TPSA) is 122 Å². The molecule has 0 unspecified atom stereocenters. The summed E-state index contributed by atoms with van der Waals surface area (Å²) in [5.41, 5.74) is -0.331. The highest BCUT2D eigenvalue weighted by Crippen LogP contribution is 2.33. The third-order valence-electron chi connectivity index (χ3n) is 4.27. The maximum atomic E-state index is 12.5. The molecule has 0 atom stereocenters. The van der Waals surface area contributed by atoms with E-state index >= 15 is 0 Å². The molecule has 3 rings (SSSR count). The Morgan fingerprint density at radius 3 is 1.90 bits per heavy atom. The lowest BCUT2D eigenvalue weighted by molar-refractivity contribution is -0.122. The van der Waals surface area contributed by atoms with Gasteiger partial charge in [-0.15, -0.1) is 0 Å². The summed E-state index contributed by atoms with van der Waals surface area (Å²) >= 11 is 0. The number of ether oxygens (including phenoxy) is 2. The first-order valence-electron chi connectivity index (χ1n) is 9.27. The van der Waals surface area contributed by atoms with Crippen LogP contribution in [0.2, 0.25) is 0 Å². The first-order chi connectivity index (χ1) is 14.4. The highest BCUT2D eigenvalue weighted by Gasteiger charge is 2.36. The van der Waals surface area contributed by atoms with Crippen LogP contribution in [0.3, 0.4) is 0 Å². The zero-order valence-electron chi connectivity index (χ0n) is 17.6. The van der Waals surface area contributed by atoms with Crippen LogP contribution < -0.4 is 15.1 Å². The van der Waals surface area contributed by atoms with E-state index in [0.29, 0.717) is 0 Å². The molecule has 2 aliphatic heterocycles. The van der Waals surface area contributed by atoms with Crippen LogP contribution in [0.1, 0.15) is 27.7 Å². The molecule has 1 aromatic rings. The lowest BCUT2D eigenvalue weighted by Gasteiger charge is -2.22. The van der Waals surface area contributed by atoms with Crippen LogP contribution in [0.4, 0.5) is 21.9 Å². The largest absolute Gasteiger partial charge is 0.491 e. The maximum Gasteiger partial charge on any atom is 0.412 e. The zero-order valence-corrected chi connectivity index (χ0v) is 17.6. The van der Waals surface area contributed by atoms with Gasteiger partial charge >= 0.3 is 12.0 Å². The number of nitrogens with one attached hydrogen (secondary N) is 1. The molecule has 0 spiro atoms. The number of nitrogens with zero attached hydrogens (tertiary/aromatic N) is 2. The Labute approximate surface area is 178 Å². The van der Waals surface area contributed by atoms with Crippen molar-refractivity contribution in [3.05, 3.63) is 41.7 Å². The van der Waals surface area contributed by atoms with Crippen LogP contribution in [-0.2, 0) is 28.7 Å². The first kappa shape index (κ1) is 21.8. The van der Waals surface area contributed by atoms with Gasteiger partial charge in [0.1, 0.15) is 5.60 Å². The van der Waals surface area contributed by atoms with Gasteiger partial charge in [0.05, 0.1) is 24.6 Å². The van der Waals surface area contributed by atoms with Crippen LogP contribution in [0, 0.1) is 0 Å². The van der Waals surface area contributed by atoms with Gasteiger partial charge < -0.3 is 9.47 Å². The lowest BCUT2D eigenvalue weighted by atomic mass is 10.2. The number of carbonyl (C=O) groups is 5. The van der Waals surface area contributed by atoms with E-state index in [1.54, 1.807) is 20.8 Å². The molecule has 0 fully saturated rings. The molecule has 10 heteroatoms. The van der Waals surface area contributed by atoms with Crippen molar-refractivity contribution in [1.82, 2.24) is 0 Å². The van der Waals surface area contributed by atoms with Crippen LogP contribution >= 0.6 is 0 Å². The Kier molecular flexibility index (Phi) is 5.41. The average molecular weight is 427 g/mol. The van der Waals surface area contributed by atoms with E-state index in [9.17, 15) is 24.0 Å². The number of methoxy groups -OCH3 is 1. The van der Waals surface area contributed by atoms with Gasteiger partial charge in [0.15, 0.2) is 5.76 Å². The summed E-state index contributed by atoms with van der Waals surface area (Å²) in [6.07, 6.45) is 1.40. The van der Waals surface area contributed by atoms with Gasteiger partial charge in [-0.1, -0.05) is 0 Å². The summed E-state index contributed by atoms with van der Waals surface area (Å²) in [7, 11) is 1.25. The second-order valence-electron chi connectivity index (χ2n) is 7.86. The second-order valence-corrected chi connectivity index (χ2v) is 7.86. The fourth-order valence-electron chi connectivity index (χ4n) is 3.02. The molecule has 2 aliphatic rings. The number of benzene rings is 1. The molecule has 5 amide bonds. The van der Waals surface area contributed by atoms with E-state index in [0.717, 1.165) is 15.9 Å². The van der Waals surface area contributed by atoms with Crippen LogP contribution in [-0.4, -0.2) is 42.4 Å². The molecular formula is C21H21N3O7. The Bertz CT molecular complexity index is 1080. The van der Waals surface area contributed by atoms with E-state index in [1.165, 1.54) is 38.3 Å². The van der Waals surface area contributed by atoms with Crippen molar-refractivity contribution in [3.63, 3.8) is 0 Å². The van der Waals surface area contributed by atoms with Gasteiger partial charge in [0, 0.05) is 17.3 Å². The average Bonchev–Trinajstić information content (AvgIpc) is 3.06. The summed E-state index contributed by atoms with van der Waals surface area (Å²) in [5, 5.41) is 2.50. The van der Waals surface area contributed by atoms with Crippen LogP contribution in [0.25, 0.3) is 0 Å². The summed E-state index contributed by atoms with van der Waals surface area (Å²) in [6, 6.07) is 4.04. The van der Waals surface area contributed by atoms with E-state index in [2.05, 4.69) is 5.32 Å². The number of hydrogen-bond donors (Lipinski definition) is 1. The number of rotatable bonds is 4. The summed E-state index contributed by atoms with van der Waals surface area (Å²) in [6.45, 7) is 6.55. The number of imide groups is 2. The van der Waals surface area contributed by atoms with Crippen molar-refractivity contribution >= 4 is 46.8 Å². The van der Waals surface area contributed by atoms with Gasteiger partial charge in [0.2, 0.25) is 0 Å². The van der Waals surface area contributed by atoms with Crippen LogP contribution in [0.15, 0.2) is 41.7 Å².